The van der Waals surface area contributed by atoms with Crippen molar-refractivity contribution in [3.05, 3.63) is 53.6 Å². The highest BCUT2D eigenvalue weighted by molar-refractivity contribution is 14.0. The van der Waals surface area contributed by atoms with Crippen LogP contribution in [-0.2, 0) is 13.0 Å². The molecule has 0 spiro atoms. The predicted octanol–water partition coefficient (Wildman–Crippen LogP) is 3.34. The van der Waals surface area contributed by atoms with E-state index < -0.39 is 0 Å². The van der Waals surface area contributed by atoms with E-state index in [1.165, 1.54) is 5.56 Å². The zero-order valence-electron chi connectivity index (χ0n) is 13.9. The maximum atomic E-state index is 6.00. The zero-order chi connectivity index (χ0) is 16.3. The number of imidazole rings is 1. The molecular formula is C17H25ClIN5. The Hall–Kier alpha value is -1.28. The Morgan fingerprint density at radius 2 is 2.21 bits per heavy atom. The number of benzene rings is 1. The van der Waals surface area contributed by atoms with Crippen molar-refractivity contribution in [2.75, 3.05) is 19.6 Å². The van der Waals surface area contributed by atoms with Gasteiger partial charge < -0.3 is 15.2 Å². The highest BCUT2D eigenvalue weighted by Crippen LogP contribution is 2.10. The van der Waals surface area contributed by atoms with Gasteiger partial charge in [-0.3, -0.25) is 4.99 Å². The molecule has 0 atom stereocenters. The van der Waals surface area contributed by atoms with Gasteiger partial charge in [-0.15, -0.1) is 24.0 Å². The van der Waals surface area contributed by atoms with Crippen LogP contribution in [0.1, 0.15) is 18.9 Å². The molecule has 0 amide bonds. The Morgan fingerprint density at radius 1 is 1.33 bits per heavy atom. The molecule has 0 aliphatic carbocycles. The summed E-state index contributed by atoms with van der Waals surface area (Å²) in [6.45, 7) is 5.47. The van der Waals surface area contributed by atoms with Gasteiger partial charge in [0.15, 0.2) is 5.96 Å². The standard InChI is InChI=1S/C17H24ClN5.HI/c1-2-20-17(21-8-4-11-23-12-10-19-14-23)22-9-7-15-5-3-6-16(18)13-15;/h3,5-6,10,12-14H,2,4,7-9,11H2,1H3,(H2,20,21,22);1H. The van der Waals surface area contributed by atoms with Crippen LogP contribution < -0.4 is 10.6 Å². The lowest BCUT2D eigenvalue weighted by Crippen LogP contribution is -2.38. The van der Waals surface area contributed by atoms with E-state index in [9.17, 15) is 0 Å². The summed E-state index contributed by atoms with van der Waals surface area (Å²) < 4.78 is 2.06. The van der Waals surface area contributed by atoms with Gasteiger partial charge in [0.1, 0.15) is 0 Å². The van der Waals surface area contributed by atoms with Gasteiger partial charge in [-0.25, -0.2) is 4.98 Å². The molecule has 132 valence electrons. The van der Waals surface area contributed by atoms with Crippen molar-refractivity contribution in [2.24, 2.45) is 4.99 Å². The van der Waals surface area contributed by atoms with E-state index in [1.54, 1.807) is 6.20 Å². The summed E-state index contributed by atoms with van der Waals surface area (Å²) in [5.74, 6) is 0.861. The van der Waals surface area contributed by atoms with Crippen LogP contribution in [0.15, 0.2) is 48.0 Å². The third-order valence-electron chi connectivity index (χ3n) is 3.34. The smallest absolute Gasteiger partial charge is 0.191 e. The summed E-state index contributed by atoms with van der Waals surface area (Å²) in [6, 6.07) is 7.96. The zero-order valence-corrected chi connectivity index (χ0v) is 17.0. The number of rotatable bonds is 8. The number of aromatic nitrogens is 2. The summed E-state index contributed by atoms with van der Waals surface area (Å²) in [7, 11) is 0. The van der Waals surface area contributed by atoms with Crippen LogP contribution in [0.3, 0.4) is 0 Å². The second-order valence-corrected chi connectivity index (χ2v) is 5.66. The number of halogens is 2. The second-order valence-electron chi connectivity index (χ2n) is 5.22. The van der Waals surface area contributed by atoms with Crippen molar-refractivity contribution in [1.82, 2.24) is 20.2 Å². The fourth-order valence-electron chi connectivity index (χ4n) is 2.22. The minimum absolute atomic E-state index is 0. The molecule has 1 aromatic heterocycles. The van der Waals surface area contributed by atoms with E-state index in [0.29, 0.717) is 0 Å². The first-order chi connectivity index (χ1) is 11.3. The molecule has 0 saturated carbocycles. The molecular weight excluding hydrogens is 437 g/mol. The Balaban J connectivity index is 0.00000288. The fraction of sp³-hybridized carbons (Fsp3) is 0.412. The number of aryl methyl sites for hydroxylation is 1. The molecule has 2 N–H and O–H groups in total. The topological polar surface area (TPSA) is 54.2 Å². The van der Waals surface area contributed by atoms with Crippen molar-refractivity contribution >= 4 is 41.5 Å². The molecule has 7 heteroatoms. The van der Waals surface area contributed by atoms with Crippen molar-refractivity contribution < 1.29 is 0 Å². The summed E-state index contributed by atoms with van der Waals surface area (Å²) in [4.78, 5) is 8.63. The number of hydrogen-bond donors (Lipinski definition) is 2. The van der Waals surface area contributed by atoms with Gasteiger partial charge in [0.25, 0.3) is 0 Å². The fourth-order valence-corrected chi connectivity index (χ4v) is 2.44. The first-order valence-corrected chi connectivity index (χ1v) is 8.38. The van der Waals surface area contributed by atoms with Crippen LogP contribution in [0.5, 0.6) is 0 Å². The van der Waals surface area contributed by atoms with Gasteiger partial charge in [0.05, 0.1) is 6.33 Å². The predicted molar refractivity (Wildman–Crippen MR) is 111 cm³/mol. The quantitative estimate of drug-likeness (QED) is 0.274. The molecule has 0 aliphatic rings. The number of nitrogens with one attached hydrogen (secondary N) is 2. The van der Waals surface area contributed by atoms with Crippen LogP contribution >= 0.6 is 35.6 Å². The lowest BCUT2D eigenvalue weighted by atomic mass is 10.1. The van der Waals surface area contributed by atoms with Crippen LogP contribution in [0, 0.1) is 0 Å². The van der Waals surface area contributed by atoms with E-state index in [2.05, 4.69) is 38.2 Å². The highest BCUT2D eigenvalue weighted by Gasteiger charge is 1.98. The molecule has 0 aliphatic heterocycles. The van der Waals surface area contributed by atoms with E-state index in [-0.39, 0.29) is 24.0 Å². The molecule has 0 bridgehead atoms. The van der Waals surface area contributed by atoms with Crippen LogP contribution in [0.4, 0.5) is 0 Å². The van der Waals surface area contributed by atoms with Crippen molar-refractivity contribution in [3.63, 3.8) is 0 Å². The highest BCUT2D eigenvalue weighted by atomic mass is 127. The summed E-state index contributed by atoms with van der Waals surface area (Å²) >= 11 is 6.00. The lowest BCUT2D eigenvalue weighted by molar-refractivity contribution is 0.647. The first kappa shape index (κ1) is 20.8. The molecule has 0 unspecified atom stereocenters. The molecule has 0 fully saturated rings. The normalized spacial score (nSPS) is 11.0. The number of guanidine groups is 1. The van der Waals surface area contributed by atoms with Gasteiger partial charge in [-0.1, -0.05) is 23.7 Å². The van der Waals surface area contributed by atoms with Gasteiger partial charge in [-0.05, 0) is 37.5 Å². The van der Waals surface area contributed by atoms with Crippen molar-refractivity contribution in [1.29, 1.82) is 0 Å². The van der Waals surface area contributed by atoms with Gasteiger partial charge in [0.2, 0.25) is 0 Å². The molecule has 24 heavy (non-hydrogen) atoms. The maximum absolute atomic E-state index is 6.00. The van der Waals surface area contributed by atoms with Gasteiger partial charge >= 0.3 is 0 Å². The Morgan fingerprint density at radius 3 is 2.92 bits per heavy atom. The third-order valence-corrected chi connectivity index (χ3v) is 3.58. The summed E-state index contributed by atoms with van der Waals surface area (Å²) in [5, 5.41) is 7.41. The molecule has 2 rings (SSSR count). The molecule has 5 nitrogen and oxygen atoms in total. The molecule has 2 aromatic rings. The number of nitrogens with zero attached hydrogens (tertiary/aromatic N) is 3. The van der Waals surface area contributed by atoms with Gasteiger partial charge in [0, 0.05) is 43.6 Å². The minimum Gasteiger partial charge on any atom is -0.357 e. The Labute approximate surface area is 165 Å². The Bertz CT molecular complexity index is 601. The molecule has 0 saturated heterocycles. The molecule has 0 radical (unpaired) electrons. The SMILES string of the molecule is CCNC(=NCCCn1ccnc1)NCCc1cccc(Cl)c1.I. The van der Waals surface area contributed by atoms with Crippen molar-refractivity contribution in [2.45, 2.75) is 26.3 Å². The van der Waals surface area contributed by atoms with E-state index in [1.807, 2.05) is 30.7 Å². The second kappa shape index (κ2) is 12.1. The maximum Gasteiger partial charge on any atom is 0.191 e. The van der Waals surface area contributed by atoms with Crippen LogP contribution in [0.25, 0.3) is 0 Å². The van der Waals surface area contributed by atoms with E-state index in [4.69, 9.17) is 11.6 Å². The first-order valence-electron chi connectivity index (χ1n) is 8.00. The van der Waals surface area contributed by atoms with Crippen molar-refractivity contribution in [3.8, 4) is 0 Å². The minimum atomic E-state index is 0. The Kier molecular flexibility index (Phi) is 10.5. The molecule has 1 heterocycles. The van der Waals surface area contributed by atoms with E-state index >= 15 is 0 Å². The average Bonchev–Trinajstić information content (AvgIpc) is 3.05. The number of hydrogen-bond acceptors (Lipinski definition) is 2. The average molecular weight is 462 g/mol. The van der Waals surface area contributed by atoms with Gasteiger partial charge in [-0.2, -0.15) is 0 Å². The lowest BCUT2D eigenvalue weighted by Gasteiger charge is -2.11. The van der Waals surface area contributed by atoms with Crippen LogP contribution in [-0.4, -0.2) is 35.1 Å². The molecule has 1 aromatic carbocycles. The summed E-state index contributed by atoms with van der Waals surface area (Å²) in [6.07, 6.45) is 7.50. The van der Waals surface area contributed by atoms with Crippen LogP contribution in [0.2, 0.25) is 5.02 Å². The summed E-state index contributed by atoms with van der Waals surface area (Å²) in [5.41, 5.74) is 1.22. The van der Waals surface area contributed by atoms with E-state index in [0.717, 1.165) is 50.0 Å². The monoisotopic (exact) mass is 461 g/mol. The number of aliphatic imine (C=N–C) groups is 1. The largest absolute Gasteiger partial charge is 0.357 e. The third kappa shape index (κ3) is 8.01.